The highest BCUT2D eigenvalue weighted by Gasteiger charge is 2.28. The van der Waals surface area contributed by atoms with Crippen LogP contribution in [0, 0.1) is 10.1 Å². The van der Waals surface area contributed by atoms with Crippen LogP contribution in [0.1, 0.15) is 6.42 Å². The number of rotatable bonds is 9. The summed E-state index contributed by atoms with van der Waals surface area (Å²) in [6, 6.07) is 0. The van der Waals surface area contributed by atoms with Crippen molar-refractivity contribution in [1.29, 1.82) is 0 Å². The Hall–Kier alpha value is -1.56. The third kappa shape index (κ3) is 4.85. The first kappa shape index (κ1) is 16.5. The van der Waals surface area contributed by atoms with Gasteiger partial charge in [0.15, 0.2) is 0 Å². The summed E-state index contributed by atoms with van der Waals surface area (Å²) in [4.78, 5) is 9.22. The van der Waals surface area contributed by atoms with E-state index in [1.54, 1.807) is 7.11 Å². The topological polar surface area (TPSA) is 140 Å². The number of nitro groups is 1. The molecule has 0 aliphatic rings. The number of aryl methyl sites for hydroxylation is 1. The lowest BCUT2D eigenvalue weighted by molar-refractivity contribution is -0.392. The molecule has 10 nitrogen and oxygen atoms in total. The molecule has 0 amide bonds. The average Bonchev–Trinajstić information content (AvgIpc) is 2.78. The van der Waals surface area contributed by atoms with Gasteiger partial charge in [-0.3, -0.25) is 0 Å². The molecule has 1 aromatic heterocycles. The number of methoxy groups -OCH3 is 1. The average molecular weight is 308 g/mol. The van der Waals surface area contributed by atoms with Crippen LogP contribution in [0.2, 0.25) is 0 Å². The Morgan fingerprint density at radius 3 is 2.65 bits per heavy atom. The maximum Gasteiger partial charge on any atom is 0.410 e. The predicted molar refractivity (Wildman–Crippen MR) is 67.6 cm³/mol. The molecule has 0 aliphatic carbocycles. The van der Waals surface area contributed by atoms with Crippen molar-refractivity contribution in [2.24, 2.45) is 5.14 Å². The highest BCUT2D eigenvalue weighted by atomic mass is 32.2. The lowest BCUT2D eigenvalue weighted by Gasteiger charge is -2.01. The van der Waals surface area contributed by atoms with Crippen LogP contribution in [0.3, 0.4) is 0 Å². The van der Waals surface area contributed by atoms with E-state index < -0.39 is 25.7 Å². The van der Waals surface area contributed by atoms with Crippen molar-refractivity contribution < 1.29 is 22.8 Å². The van der Waals surface area contributed by atoms with Gasteiger partial charge in [0.05, 0.1) is 31.1 Å². The zero-order valence-corrected chi connectivity index (χ0v) is 11.7. The number of nitrogens with zero attached hydrogens (tertiary/aromatic N) is 3. The second-order valence-corrected chi connectivity index (χ2v) is 5.37. The van der Waals surface area contributed by atoms with E-state index in [9.17, 15) is 18.5 Å². The molecular weight excluding hydrogens is 292 g/mol. The highest BCUT2D eigenvalue weighted by molar-refractivity contribution is 7.89. The molecule has 0 aliphatic heterocycles. The number of ether oxygens (including phenoxy) is 2. The van der Waals surface area contributed by atoms with Crippen molar-refractivity contribution in [3.8, 4) is 0 Å². The van der Waals surface area contributed by atoms with E-state index in [0.29, 0.717) is 26.2 Å². The van der Waals surface area contributed by atoms with Gasteiger partial charge in [-0.1, -0.05) is 0 Å². The second-order valence-electron chi connectivity index (χ2n) is 3.84. The molecule has 20 heavy (non-hydrogen) atoms. The smallest absolute Gasteiger partial charge is 0.382 e. The molecule has 114 valence electrons. The van der Waals surface area contributed by atoms with Crippen molar-refractivity contribution in [2.45, 2.75) is 17.9 Å². The first-order valence-corrected chi connectivity index (χ1v) is 7.22. The zero-order valence-electron chi connectivity index (χ0n) is 10.9. The Bertz CT molecular complexity index is 555. The van der Waals surface area contributed by atoms with Gasteiger partial charge in [0.2, 0.25) is 14.9 Å². The Labute approximate surface area is 115 Å². The summed E-state index contributed by atoms with van der Waals surface area (Å²) in [5.74, 6) is -0.771. The fourth-order valence-electron chi connectivity index (χ4n) is 1.41. The number of nitrogens with two attached hydrogens (primary N) is 1. The summed E-state index contributed by atoms with van der Waals surface area (Å²) in [6.07, 6.45) is 1.56. The molecule has 0 bridgehead atoms. The minimum Gasteiger partial charge on any atom is -0.382 e. The van der Waals surface area contributed by atoms with Crippen molar-refractivity contribution in [1.82, 2.24) is 9.78 Å². The van der Waals surface area contributed by atoms with Crippen LogP contribution in [0.25, 0.3) is 0 Å². The number of aromatic nitrogens is 2. The van der Waals surface area contributed by atoms with Gasteiger partial charge >= 0.3 is 5.82 Å². The number of sulfonamides is 1. The van der Waals surface area contributed by atoms with Gasteiger partial charge in [0, 0.05) is 13.7 Å². The largest absolute Gasteiger partial charge is 0.410 e. The van der Waals surface area contributed by atoms with Gasteiger partial charge < -0.3 is 19.6 Å². The van der Waals surface area contributed by atoms with E-state index in [1.165, 1.54) is 0 Å². The van der Waals surface area contributed by atoms with E-state index in [2.05, 4.69) is 5.10 Å². The lowest BCUT2D eigenvalue weighted by atomic mass is 10.4. The Morgan fingerprint density at radius 2 is 2.15 bits per heavy atom. The van der Waals surface area contributed by atoms with Crippen molar-refractivity contribution in [3.05, 3.63) is 16.3 Å². The molecule has 0 unspecified atom stereocenters. The Kier molecular flexibility index (Phi) is 6.01. The predicted octanol–water partition coefficient (Wildman–Crippen LogP) is -0.508. The molecule has 0 saturated heterocycles. The van der Waals surface area contributed by atoms with Gasteiger partial charge in [0.25, 0.3) is 0 Å². The Morgan fingerprint density at radius 1 is 1.45 bits per heavy atom. The maximum absolute atomic E-state index is 11.2. The molecule has 0 fully saturated rings. The molecule has 1 aromatic rings. The third-order valence-electron chi connectivity index (χ3n) is 2.30. The molecule has 0 aromatic carbocycles. The third-order valence-corrected chi connectivity index (χ3v) is 3.20. The van der Waals surface area contributed by atoms with Gasteiger partial charge in [-0.05, 0) is 11.3 Å². The van der Waals surface area contributed by atoms with Crippen molar-refractivity contribution in [3.63, 3.8) is 0 Å². The fraction of sp³-hybridized carbons (Fsp3) is 0.667. The van der Waals surface area contributed by atoms with Crippen LogP contribution in [-0.4, -0.2) is 50.1 Å². The first-order chi connectivity index (χ1) is 9.36. The summed E-state index contributed by atoms with van der Waals surface area (Å²) >= 11 is 0. The summed E-state index contributed by atoms with van der Waals surface area (Å²) in [6.45, 7) is 1.60. The number of hydrogen-bond acceptors (Lipinski definition) is 7. The normalized spacial score (nSPS) is 11.7. The second kappa shape index (κ2) is 7.28. The van der Waals surface area contributed by atoms with E-state index in [0.717, 1.165) is 10.9 Å². The zero-order chi connectivity index (χ0) is 15.2. The van der Waals surface area contributed by atoms with Crippen molar-refractivity contribution in [2.75, 3.05) is 26.9 Å². The monoisotopic (exact) mass is 308 g/mol. The summed E-state index contributed by atoms with van der Waals surface area (Å²) in [7, 11) is -2.62. The SMILES string of the molecule is COCCOCCCn1cc(S(N)(=O)=O)c([N+](=O)[O-])n1. The number of hydrogen-bond donors (Lipinski definition) is 1. The summed E-state index contributed by atoms with van der Waals surface area (Å²) < 4.78 is 33.6. The van der Waals surface area contributed by atoms with Crippen LogP contribution in [-0.2, 0) is 26.0 Å². The Balaban J connectivity index is 2.62. The van der Waals surface area contributed by atoms with Gasteiger partial charge in [0.1, 0.15) is 0 Å². The molecule has 2 N–H and O–H groups in total. The standard InChI is InChI=1S/C9H16N4O6S/c1-18-5-6-19-4-2-3-12-7-8(20(10,16)17)9(11-12)13(14)15/h7H,2-6H2,1H3,(H2,10,16,17). The van der Waals surface area contributed by atoms with Crippen LogP contribution in [0.4, 0.5) is 5.82 Å². The van der Waals surface area contributed by atoms with Gasteiger partial charge in [-0.15, -0.1) is 0 Å². The summed E-state index contributed by atoms with van der Waals surface area (Å²) in [5.41, 5.74) is 0. The molecule has 1 rings (SSSR count). The molecule has 11 heteroatoms. The van der Waals surface area contributed by atoms with Gasteiger partial charge in [-0.2, -0.15) is 4.68 Å². The van der Waals surface area contributed by atoms with Crippen LogP contribution < -0.4 is 5.14 Å². The molecule has 0 radical (unpaired) electrons. The first-order valence-electron chi connectivity index (χ1n) is 5.67. The number of primary sulfonamides is 1. The molecule has 1 heterocycles. The molecule has 0 spiro atoms. The van der Waals surface area contributed by atoms with E-state index in [1.807, 2.05) is 0 Å². The molecular formula is C9H16N4O6S. The molecule has 0 saturated carbocycles. The van der Waals surface area contributed by atoms with Crippen LogP contribution >= 0.6 is 0 Å². The van der Waals surface area contributed by atoms with E-state index in [-0.39, 0.29) is 6.54 Å². The molecule has 0 atom stereocenters. The van der Waals surface area contributed by atoms with Crippen molar-refractivity contribution >= 4 is 15.8 Å². The lowest BCUT2D eigenvalue weighted by Crippen LogP contribution is -2.13. The summed E-state index contributed by atoms with van der Waals surface area (Å²) in [5, 5.41) is 19.2. The van der Waals surface area contributed by atoms with Gasteiger partial charge in [-0.25, -0.2) is 13.6 Å². The minimum atomic E-state index is -4.17. The maximum atomic E-state index is 11.2. The highest BCUT2D eigenvalue weighted by Crippen LogP contribution is 2.20. The minimum absolute atomic E-state index is 0.281. The van der Waals surface area contributed by atoms with E-state index in [4.69, 9.17) is 14.6 Å². The van der Waals surface area contributed by atoms with Crippen LogP contribution in [0.15, 0.2) is 11.1 Å². The quantitative estimate of drug-likeness (QED) is 0.368. The van der Waals surface area contributed by atoms with Crippen LogP contribution in [0.5, 0.6) is 0 Å². The van der Waals surface area contributed by atoms with E-state index >= 15 is 0 Å². The fourth-order valence-corrected chi connectivity index (χ4v) is 2.05.